The van der Waals surface area contributed by atoms with Crippen LogP contribution in [0, 0.1) is 0 Å². The monoisotopic (exact) mass is 238 g/mol. The predicted octanol–water partition coefficient (Wildman–Crippen LogP) is 2.83. The number of nitrogens with zero attached hydrogens (tertiary/aromatic N) is 1. The summed E-state index contributed by atoms with van der Waals surface area (Å²) in [5.74, 6) is 0. The molecule has 3 heteroatoms. The molecule has 0 spiro atoms. The van der Waals surface area contributed by atoms with Crippen LogP contribution in [0.1, 0.15) is 30.9 Å². The molecule has 1 fully saturated rings. The Balaban J connectivity index is 2.04. The van der Waals surface area contributed by atoms with Crippen molar-refractivity contribution in [2.75, 3.05) is 19.6 Å². The topological polar surface area (TPSA) is 29.3 Å². The zero-order valence-corrected chi connectivity index (χ0v) is 10.3. The van der Waals surface area contributed by atoms with Crippen LogP contribution < -0.4 is 5.73 Å². The highest BCUT2D eigenvalue weighted by Crippen LogP contribution is 2.32. The molecule has 1 atom stereocenters. The molecule has 0 bridgehead atoms. The average molecular weight is 239 g/mol. The summed E-state index contributed by atoms with van der Waals surface area (Å²) >= 11 is 5.91. The molecule has 0 radical (unpaired) electrons. The molecule has 2 nitrogen and oxygen atoms in total. The van der Waals surface area contributed by atoms with Crippen molar-refractivity contribution < 1.29 is 0 Å². The van der Waals surface area contributed by atoms with Crippen molar-refractivity contribution in [1.82, 2.24) is 4.90 Å². The lowest BCUT2D eigenvalue weighted by molar-refractivity contribution is 0.255. The van der Waals surface area contributed by atoms with Crippen molar-refractivity contribution in [2.24, 2.45) is 5.73 Å². The number of hydrogen-bond donors (Lipinski definition) is 1. The Morgan fingerprint density at radius 1 is 1.31 bits per heavy atom. The van der Waals surface area contributed by atoms with Gasteiger partial charge in [-0.15, -0.1) is 0 Å². The van der Waals surface area contributed by atoms with Gasteiger partial charge in [-0.2, -0.15) is 0 Å². The molecule has 88 valence electrons. The summed E-state index contributed by atoms with van der Waals surface area (Å²) < 4.78 is 0. The molecule has 2 N–H and O–H groups in total. The molecule has 1 aromatic rings. The Morgan fingerprint density at radius 2 is 2.06 bits per heavy atom. The van der Waals surface area contributed by atoms with E-state index < -0.39 is 0 Å². The predicted molar refractivity (Wildman–Crippen MR) is 68.7 cm³/mol. The Labute approximate surface area is 102 Å². The molecule has 1 aliphatic heterocycles. The summed E-state index contributed by atoms with van der Waals surface area (Å²) in [6, 6.07) is 8.83. The molecule has 0 unspecified atom stereocenters. The lowest BCUT2D eigenvalue weighted by Gasteiger charge is -2.24. The van der Waals surface area contributed by atoms with E-state index in [-0.39, 0.29) is 0 Å². The van der Waals surface area contributed by atoms with Gasteiger partial charge in [-0.3, -0.25) is 4.90 Å². The third-order valence-corrected chi connectivity index (χ3v) is 3.52. The second-order valence-electron chi connectivity index (χ2n) is 4.39. The Kier molecular flexibility index (Phi) is 4.22. The fourth-order valence-electron chi connectivity index (χ4n) is 2.45. The van der Waals surface area contributed by atoms with Gasteiger partial charge in [-0.1, -0.05) is 23.7 Å². The zero-order chi connectivity index (χ0) is 11.4. The summed E-state index contributed by atoms with van der Waals surface area (Å²) in [6.07, 6.45) is 3.63. The van der Waals surface area contributed by atoms with Gasteiger partial charge in [0.25, 0.3) is 0 Å². The molecular weight excluding hydrogens is 220 g/mol. The van der Waals surface area contributed by atoms with Gasteiger partial charge >= 0.3 is 0 Å². The fraction of sp³-hybridized carbons (Fsp3) is 0.538. The highest BCUT2D eigenvalue weighted by Gasteiger charge is 2.24. The number of halogens is 1. The first-order valence-electron chi connectivity index (χ1n) is 6.01. The molecule has 0 aliphatic carbocycles. The standard InChI is InChI=1S/C13H19ClN2/c14-12-6-4-11(5-7-12)13-3-1-9-16(13)10-2-8-15/h4-7,13H,1-3,8-10,15H2/t13-/m0/s1. The van der Waals surface area contributed by atoms with E-state index in [4.69, 9.17) is 17.3 Å². The van der Waals surface area contributed by atoms with Crippen molar-refractivity contribution in [2.45, 2.75) is 25.3 Å². The highest BCUT2D eigenvalue weighted by atomic mass is 35.5. The summed E-state index contributed by atoms with van der Waals surface area (Å²) in [6.45, 7) is 3.10. The van der Waals surface area contributed by atoms with Crippen LogP contribution in [0.5, 0.6) is 0 Å². The van der Waals surface area contributed by atoms with E-state index in [1.54, 1.807) is 0 Å². The fourth-order valence-corrected chi connectivity index (χ4v) is 2.58. The molecular formula is C13H19ClN2. The number of benzene rings is 1. The van der Waals surface area contributed by atoms with Crippen LogP contribution in [-0.4, -0.2) is 24.5 Å². The van der Waals surface area contributed by atoms with Crippen LogP contribution in [-0.2, 0) is 0 Å². The largest absolute Gasteiger partial charge is 0.330 e. The first-order valence-corrected chi connectivity index (χ1v) is 6.38. The average Bonchev–Trinajstić information content (AvgIpc) is 2.75. The van der Waals surface area contributed by atoms with Gasteiger partial charge in [0.2, 0.25) is 0 Å². The van der Waals surface area contributed by atoms with E-state index in [0.29, 0.717) is 6.04 Å². The van der Waals surface area contributed by atoms with Crippen LogP contribution in [0.2, 0.25) is 5.02 Å². The van der Waals surface area contributed by atoms with Crippen molar-refractivity contribution in [3.8, 4) is 0 Å². The summed E-state index contributed by atoms with van der Waals surface area (Å²) in [7, 11) is 0. The van der Waals surface area contributed by atoms with Gasteiger partial charge in [0.15, 0.2) is 0 Å². The van der Waals surface area contributed by atoms with Crippen molar-refractivity contribution in [3.63, 3.8) is 0 Å². The van der Waals surface area contributed by atoms with Gasteiger partial charge < -0.3 is 5.73 Å². The molecule has 1 aromatic carbocycles. The van der Waals surface area contributed by atoms with E-state index in [1.165, 1.54) is 24.9 Å². The molecule has 0 aromatic heterocycles. The van der Waals surface area contributed by atoms with Gasteiger partial charge in [0, 0.05) is 11.1 Å². The molecule has 0 amide bonds. The maximum absolute atomic E-state index is 5.91. The van der Waals surface area contributed by atoms with Crippen molar-refractivity contribution in [3.05, 3.63) is 34.9 Å². The lowest BCUT2D eigenvalue weighted by atomic mass is 10.0. The van der Waals surface area contributed by atoms with Crippen molar-refractivity contribution >= 4 is 11.6 Å². The molecule has 2 rings (SSSR count). The smallest absolute Gasteiger partial charge is 0.0406 e. The molecule has 1 aliphatic rings. The first kappa shape index (κ1) is 11.9. The lowest BCUT2D eigenvalue weighted by Crippen LogP contribution is -2.25. The van der Waals surface area contributed by atoms with Gasteiger partial charge in [0.1, 0.15) is 0 Å². The van der Waals surface area contributed by atoms with Gasteiger partial charge in [-0.05, 0) is 56.6 Å². The van der Waals surface area contributed by atoms with Crippen LogP contribution in [0.15, 0.2) is 24.3 Å². The molecule has 1 saturated heterocycles. The van der Waals surface area contributed by atoms with Gasteiger partial charge in [0.05, 0.1) is 0 Å². The van der Waals surface area contributed by atoms with Crippen LogP contribution in [0.25, 0.3) is 0 Å². The normalized spacial score (nSPS) is 21.5. The number of nitrogens with two attached hydrogens (primary N) is 1. The first-order chi connectivity index (χ1) is 7.81. The van der Waals surface area contributed by atoms with Gasteiger partial charge in [-0.25, -0.2) is 0 Å². The summed E-state index contributed by atoms with van der Waals surface area (Å²) in [5.41, 5.74) is 6.95. The third-order valence-electron chi connectivity index (χ3n) is 3.27. The minimum atomic E-state index is 0.573. The highest BCUT2D eigenvalue weighted by molar-refractivity contribution is 6.30. The van der Waals surface area contributed by atoms with Crippen molar-refractivity contribution in [1.29, 1.82) is 0 Å². The zero-order valence-electron chi connectivity index (χ0n) is 9.53. The molecule has 1 heterocycles. The van der Waals surface area contributed by atoms with E-state index >= 15 is 0 Å². The number of likely N-dealkylation sites (tertiary alicyclic amines) is 1. The van der Waals surface area contributed by atoms with E-state index in [0.717, 1.165) is 24.5 Å². The maximum Gasteiger partial charge on any atom is 0.0406 e. The second kappa shape index (κ2) is 5.67. The minimum Gasteiger partial charge on any atom is -0.330 e. The van der Waals surface area contributed by atoms with Crippen LogP contribution in [0.3, 0.4) is 0 Å². The maximum atomic E-state index is 5.91. The number of hydrogen-bond acceptors (Lipinski definition) is 2. The third kappa shape index (κ3) is 2.76. The van der Waals surface area contributed by atoms with E-state index in [1.807, 2.05) is 12.1 Å². The minimum absolute atomic E-state index is 0.573. The number of rotatable bonds is 4. The molecule has 16 heavy (non-hydrogen) atoms. The Hall–Kier alpha value is -0.570. The Bertz CT molecular complexity index is 323. The second-order valence-corrected chi connectivity index (χ2v) is 4.82. The summed E-state index contributed by atoms with van der Waals surface area (Å²) in [5, 5.41) is 0.815. The Morgan fingerprint density at radius 3 is 2.75 bits per heavy atom. The van der Waals surface area contributed by atoms with Crippen LogP contribution >= 0.6 is 11.6 Å². The quantitative estimate of drug-likeness (QED) is 0.874. The van der Waals surface area contributed by atoms with Crippen LogP contribution in [0.4, 0.5) is 0 Å². The van der Waals surface area contributed by atoms with E-state index in [2.05, 4.69) is 17.0 Å². The SMILES string of the molecule is NCCCN1CCC[C@H]1c1ccc(Cl)cc1. The summed E-state index contributed by atoms with van der Waals surface area (Å²) in [4.78, 5) is 2.54. The molecule has 0 saturated carbocycles. The van der Waals surface area contributed by atoms with E-state index in [9.17, 15) is 0 Å².